The number of ether oxygens (including phenoxy) is 1. The molecule has 3 rings (SSSR count). The van der Waals surface area contributed by atoms with Crippen LogP contribution < -0.4 is 5.32 Å². The van der Waals surface area contributed by atoms with Crippen LogP contribution in [0.3, 0.4) is 0 Å². The third-order valence-corrected chi connectivity index (χ3v) is 5.36. The molecule has 1 aliphatic heterocycles. The van der Waals surface area contributed by atoms with Crippen molar-refractivity contribution < 1.29 is 22.7 Å². The molecular formula is C17H21F3N4O2S. The van der Waals surface area contributed by atoms with E-state index in [9.17, 15) is 18.0 Å². The van der Waals surface area contributed by atoms with Crippen LogP contribution in [0.4, 0.5) is 13.2 Å². The van der Waals surface area contributed by atoms with Crippen LogP contribution in [0, 0.1) is 0 Å². The molecule has 1 fully saturated rings. The second kappa shape index (κ2) is 7.99. The number of aryl methyl sites for hydroxylation is 1. The molecule has 1 saturated heterocycles. The molecule has 1 amide bonds. The Labute approximate surface area is 158 Å². The highest BCUT2D eigenvalue weighted by Crippen LogP contribution is 2.31. The zero-order valence-corrected chi connectivity index (χ0v) is 15.8. The molecule has 6 nitrogen and oxygen atoms in total. The minimum absolute atomic E-state index is 0.0621. The number of halogens is 3. The molecule has 0 saturated carbocycles. The van der Waals surface area contributed by atoms with Gasteiger partial charge in [0.25, 0.3) is 5.91 Å². The van der Waals surface area contributed by atoms with Crippen LogP contribution in [0.1, 0.15) is 33.9 Å². The maximum absolute atomic E-state index is 13.1. The molecule has 0 spiro atoms. The fraction of sp³-hybridized carbons (Fsp3) is 0.529. The summed E-state index contributed by atoms with van der Waals surface area (Å²) in [5.41, 5.74) is -1.64. The standard InChI is InChI=1S/C17H21F3N4O2S/c1-11-9-24(5-6-26-11)13(14-4-3-7-27-14)8-21-16(25)12-10-23(2)22-15(12)17(18,19)20/h3-4,7,10-11,13H,5-6,8-9H2,1-2H3,(H,21,25)/t11-,13-/m1/s1. The van der Waals surface area contributed by atoms with Gasteiger partial charge in [0, 0.05) is 37.8 Å². The molecule has 10 heteroatoms. The Morgan fingerprint density at radius 3 is 2.93 bits per heavy atom. The van der Waals surface area contributed by atoms with Gasteiger partial charge < -0.3 is 10.1 Å². The first-order valence-corrected chi connectivity index (χ1v) is 9.41. The van der Waals surface area contributed by atoms with E-state index in [2.05, 4.69) is 15.3 Å². The first-order chi connectivity index (χ1) is 12.8. The van der Waals surface area contributed by atoms with Crippen molar-refractivity contribution in [3.8, 4) is 0 Å². The SMILES string of the molecule is C[C@@H]1CN([C@H](CNC(=O)c2cn(C)nc2C(F)(F)F)c2cccs2)CCO1. The van der Waals surface area contributed by atoms with Crippen molar-refractivity contribution in [3.63, 3.8) is 0 Å². The van der Waals surface area contributed by atoms with E-state index in [-0.39, 0.29) is 18.7 Å². The number of carbonyl (C=O) groups is 1. The van der Waals surface area contributed by atoms with E-state index in [1.807, 2.05) is 24.4 Å². The second-order valence-corrected chi connectivity index (χ2v) is 7.46. The van der Waals surface area contributed by atoms with Gasteiger partial charge in [0.2, 0.25) is 0 Å². The van der Waals surface area contributed by atoms with Gasteiger partial charge in [-0.1, -0.05) is 6.07 Å². The van der Waals surface area contributed by atoms with E-state index in [0.717, 1.165) is 15.8 Å². The summed E-state index contributed by atoms with van der Waals surface area (Å²) < 4.78 is 45.9. The van der Waals surface area contributed by atoms with Crippen LogP contribution >= 0.6 is 11.3 Å². The number of amides is 1. The summed E-state index contributed by atoms with van der Waals surface area (Å²) >= 11 is 1.55. The van der Waals surface area contributed by atoms with E-state index in [0.29, 0.717) is 19.7 Å². The molecule has 2 aromatic heterocycles. The van der Waals surface area contributed by atoms with Gasteiger partial charge in [0.1, 0.15) is 0 Å². The normalized spacial score (nSPS) is 19.8. The highest BCUT2D eigenvalue weighted by Gasteiger charge is 2.39. The van der Waals surface area contributed by atoms with Crippen molar-refractivity contribution >= 4 is 17.2 Å². The average Bonchev–Trinajstić information content (AvgIpc) is 3.24. The van der Waals surface area contributed by atoms with Crippen LogP contribution in [0.15, 0.2) is 23.7 Å². The molecule has 27 heavy (non-hydrogen) atoms. The Morgan fingerprint density at radius 1 is 1.52 bits per heavy atom. The molecule has 0 unspecified atom stereocenters. The number of carbonyl (C=O) groups excluding carboxylic acids is 1. The highest BCUT2D eigenvalue weighted by molar-refractivity contribution is 7.10. The van der Waals surface area contributed by atoms with Crippen LogP contribution in [-0.4, -0.2) is 52.9 Å². The van der Waals surface area contributed by atoms with E-state index in [4.69, 9.17) is 4.74 Å². The lowest BCUT2D eigenvalue weighted by atomic mass is 10.1. The van der Waals surface area contributed by atoms with Gasteiger partial charge in [-0.2, -0.15) is 18.3 Å². The lowest BCUT2D eigenvalue weighted by molar-refractivity contribution is -0.141. The van der Waals surface area contributed by atoms with Crippen LogP contribution in [-0.2, 0) is 18.0 Å². The van der Waals surface area contributed by atoms with Crippen molar-refractivity contribution in [2.75, 3.05) is 26.2 Å². The quantitative estimate of drug-likeness (QED) is 0.836. The number of alkyl halides is 3. The summed E-state index contributed by atoms with van der Waals surface area (Å²) in [6, 6.07) is 3.76. The van der Waals surface area contributed by atoms with Crippen LogP contribution in [0.5, 0.6) is 0 Å². The Kier molecular flexibility index (Phi) is 5.87. The third-order valence-electron chi connectivity index (χ3n) is 4.38. The molecule has 0 aliphatic carbocycles. The van der Waals surface area contributed by atoms with Crippen molar-refractivity contribution in [1.82, 2.24) is 20.0 Å². The maximum atomic E-state index is 13.1. The van der Waals surface area contributed by atoms with E-state index < -0.39 is 23.3 Å². The molecule has 148 valence electrons. The number of nitrogens with one attached hydrogen (secondary N) is 1. The van der Waals surface area contributed by atoms with Crippen LogP contribution in [0.2, 0.25) is 0 Å². The average molecular weight is 402 g/mol. The largest absolute Gasteiger partial charge is 0.435 e. The number of hydrogen-bond donors (Lipinski definition) is 1. The Balaban J connectivity index is 1.75. The van der Waals surface area contributed by atoms with Gasteiger partial charge in [-0.05, 0) is 18.4 Å². The van der Waals surface area contributed by atoms with Crippen molar-refractivity contribution in [1.29, 1.82) is 0 Å². The second-order valence-electron chi connectivity index (χ2n) is 6.48. The molecule has 0 bridgehead atoms. The molecule has 2 aromatic rings. The summed E-state index contributed by atoms with van der Waals surface area (Å²) in [5, 5.41) is 7.98. The van der Waals surface area contributed by atoms with Crippen LogP contribution in [0.25, 0.3) is 0 Å². The minimum Gasteiger partial charge on any atom is -0.376 e. The third kappa shape index (κ3) is 4.69. The summed E-state index contributed by atoms with van der Waals surface area (Å²) in [5.74, 6) is -0.779. The Hall–Kier alpha value is -1.91. The van der Waals surface area contributed by atoms with Crippen molar-refractivity contribution in [2.45, 2.75) is 25.2 Å². The zero-order valence-electron chi connectivity index (χ0n) is 15.0. The minimum atomic E-state index is -4.68. The highest BCUT2D eigenvalue weighted by atomic mass is 32.1. The molecule has 0 aromatic carbocycles. The molecule has 1 aliphatic rings. The molecule has 0 radical (unpaired) electrons. The topological polar surface area (TPSA) is 59.4 Å². The number of aromatic nitrogens is 2. The lowest BCUT2D eigenvalue weighted by Crippen LogP contribution is -2.46. The van der Waals surface area contributed by atoms with E-state index in [1.165, 1.54) is 7.05 Å². The fourth-order valence-corrected chi connectivity index (χ4v) is 4.03. The van der Waals surface area contributed by atoms with Gasteiger partial charge in [-0.25, -0.2) is 0 Å². The van der Waals surface area contributed by atoms with Crippen molar-refractivity contribution in [3.05, 3.63) is 39.8 Å². The molecule has 3 heterocycles. The summed E-state index contributed by atoms with van der Waals surface area (Å²) in [6.07, 6.45) is -3.53. The zero-order chi connectivity index (χ0) is 19.6. The predicted octanol–water partition coefficient (Wildman–Crippen LogP) is 2.69. The van der Waals surface area contributed by atoms with Gasteiger partial charge in [0.05, 0.1) is 24.3 Å². The summed E-state index contributed by atoms with van der Waals surface area (Å²) in [4.78, 5) is 15.7. The van der Waals surface area contributed by atoms with E-state index in [1.54, 1.807) is 11.3 Å². The number of morpholine rings is 1. The van der Waals surface area contributed by atoms with Crippen molar-refractivity contribution in [2.24, 2.45) is 7.05 Å². The number of nitrogens with zero attached hydrogens (tertiary/aromatic N) is 3. The maximum Gasteiger partial charge on any atom is 0.435 e. The van der Waals surface area contributed by atoms with E-state index >= 15 is 0 Å². The lowest BCUT2D eigenvalue weighted by Gasteiger charge is -2.37. The monoisotopic (exact) mass is 402 g/mol. The number of thiophene rings is 1. The fourth-order valence-electron chi connectivity index (χ4n) is 3.17. The number of hydrogen-bond acceptors (Lipinski definition) is 5. The van der Waals surface area contributed by atoms with Gasteiger partial charge in [0.15, 0.2) is 5.69 Å². The smallest absolute Gasteiger partial charge is 0.376 e. The summed E-state index contributed by atoms with van der Waals surface area (Å²) in [6.45, 7) is 4.15. The molecule has 2 atom stereocenters. The number of rotatable bonds is 5. The van der Waals surface area contributed by atoms with Gasteiger partial charge in [-0.3, -0.25) is 14.4 Å². The van der Waals surface area contributed by atoms with Gasteiger partial charge >= 0.3 is 6.18 Å². The Bertz CT molecular complexity index is 776. The van der Waals surface area contributed by atoms with Gasteiger partial charge in [-0.15, -0.1) is 11.3 Å². The summed E-state index contributed by atoms with van der Waals surface area (Å²) in [7, 11) is 1.36. The first-order valence-electron chi connectivity index (χ1n) is 8.54. The molecular weight excluding hydrogens is 381 g/mol. The molecule has 1 N–H and O–H groups in total. The Morgan fingerprint density at radius 2 is 2.30 bits per heavy atom. The predicted molar refractivity (Wildman–Crippen MR) is 94.6 cm³/mol. The first kappa shape index (κ1) is 19.8.